The number of nitrogens with two attached hydrogens (primary N) is 1. The van der Waals surface area contributed by atoms with Gasteiger partial charge in [0.15, 0.2) is 5.96 Å². The molecule has 0 fully saturated rings. The molecule has 0 atom stereocenters. The van der Waals surface area contributed by atoms with Gasteiger partial charge in [0.2, 0.25) is 0 Å². The molecule has 0 saturated carbocycles. The van der Waals surface area contributed by atoms with Gasteiger partial charge in [-0.3, -0.25) is 0 Å². The molecule has 4 heteroatoms. The van der Waals surface area contributed by atoms with E-state index in [0.29, 0.717) is 19.0 Å². The molecule has 0 aromatic carbocycles. The zero-order chi connectivity index (χ0) is 10.4. The fraction of sp³-hybridized carbons (Fsp3) is 0.300. The van der Waals surface area contributed by atoms with Crippen LogP contribution in [-0.4, -0.2) is 12.5 Å². The van der Waals surface area contributed by atoms with Gasteiger partial charge in [0.1, 0.15) is 0 Å². The molecule has 0 bridgehead atoms. The average Bonchev–Trinajstić information content (AvgIpc) is 2.58. The summed E-state index contributed by atoms with van der Waals surface area (Å²) < 4.78 is 0. The molecule has 14 heavy (non-hydrogen) atoms. The molecule has 0 amide bonds. The number of rotatable bonds is 4. The van der Waals surface area contributed by atoms with Gasteiger partial charge in [-0.25, -0.2) is 4.99 Å². The van der Waals surface area contributed by atoms with E-state index in [4.69, 9.17) is 5.73 Å². The standard InChI is InChI=1S/C10H15N3S/c1-3-6-12-10(11)13-7-9-5-4-8(2)14-9/h3-5H,1,6-7H2,2H3,(H3,11,12,13). The molecular formula is C10H15N3S. The minimum absolute atomic E-state index is 0.468. The first-order valence-electron chi connectivity index (χ1n) is 4.42. The molecule has 1 aromatic rings. The fourth-order valence-corrected chi connectivity index (χ4v) is 1.78. The van der Waals surface area contributed by atoms with E-state index < -0.39 is 0 Å². The lowest BCUT2D eigenvalue weighted by Crippen LogP contribution is -2.31. The second-order valence-corrected chi connectivity index (χ2v) is 4.26. The maximum absolute atomic E-state index is 5.61. The van der Waals surface area contributed by atoms with Gasteiger partial charge in [-0.2, -0.15) is 0 Å². The maximum Gasteiger partial charge on any atom is 0.189 e. The van der Waals surface area contributed by atoms with Crippen LogP contribution >= 0.6 is 11.3 Å². The lowest BCUT2D eigenvalue weighted by Gasteiger charge is -2.00. The fourth-order valence-electron chi connectivity index (χ4n) is 0.966. The summed E-state index contributed by atoms with van der Waals surface area (Å²) in [4.78, 5) is 6.72. The van der Waals surface area contributed by atoms with E-state index >= 15 is 0 Å². The highest BCUT2D eigenvalue weighted by atomic mass is 32.1. The summed E-state index contributed by atoms with van der Waals surface area (Å²) in [6.45, 7) is 6.96. The minimum Gasteiger partial charge on any atom is -0.370 e. The summed E-state index contributed by atoms with van der Waals surface area (Å²) in [6.07, 6.45) is 1.75. The predicted octanol–water partition coefficient (Wildman–Crippen LogP) is 1.65. The van der Waals surface area contributed by atoms with Crippen LogP contribution in [0.3, 0.4) is 0 Å². The van der Waals surface area contributed by atoms with Gasteiger partial charge in [-0.05, 0) is 19.1 Å². The maximum atomic E-state index is 5.61. The molecular weight excluding hydrogens is 194 g/mol. The van der Waals surface area contributed by atoms with Gasteiger partial charge in [-0.15, -0.1) is 17.9 Å². The van der Waals surface area contributed by atoms with Gasteiger partial charge in [0, 0.05) is 16.3 Å². The van der Waals surface area contributed by atoms with E-state index in [1.165, 1.54) is 9.75 Å². The summed E-state index contributed by atoms with van der Waals surface area (Å²) >= 11 is 1.74. The number of hydrogen-bond acceptors (Lipinski definition) is 2. The number of guanidine groups is 1. The highest BCUT2D eigenvalue weighted by Crippen LogP contribution is 2.15. The van der Waals surface area contributed by atoms with Crippen LogP contribution in [0.4, 0.5) is 0 Å². The Bertz CT molecular complexity index is 328. The topological polar surface area (TPSA) is 50.4 Å². The predicted molar refractivity (Wildman–Crippen MR) is 62.6 cm³/mol. The van der Waals surface area contributed by atoms with Gasteiger partial charge < -0.3 is 11.1 Å². The summed E-state index contributed by atoms with van der Waals surface area (Å²) in [5.74, 6) is 0.468. The summed E-state index contributed by atoms with van der Waals surface area (Å²) in [6, 6.07) is 4.16. The minimum atomic E-state index is 0.468. The third-order valence-corrected chi connectivity index (χ3v) is 2.61. The highest BCUT2D eigenvalue weighted by molar-refractivity contribution is 7.11. The van der Waals surface area contributed by atoms with Crippen molar-refractivity contribution in [3.63, 3.8) is 0 Å². The van der Waals surface area contributed by atoms with Crippen LogP contribution in [0.2, 0.25) is 0 Å². The van der Waals surface area contributed by atoms with E-state index in [0.717, 1.165) is 0 Å². The second kappa shape index (κ2) is 5.44. The van der Waals surface area contributed by atoms with Crippen molar-refractivity contribution in [2.75, 3.05) is 6.54 Å². The Morgan fingerprint density at radius 1 is 1.71 bits per heavy atom. The van der Waals surface area contributed by atoms with E-state index in [-0.39, 0.29) is 0 Å². The normalized spacial score (nSPS) is 11.4. The quantitative estimate of drug-likeness (QED) is 0.450. The lowest BCUT2D eigenvalue weighted by atomic mass is 10.4. The van der Waals surface area contributed by atoms with Crippen LogP contribution in [-0.2, 0) is 6.54 Å². The zero-order valence-electron chi connectivity index (χ0n) is 8.29. The molecule has 3 N–H and O–H groups in total. The van der Waals surface area contributed by atoms with Crippen LogP contribution in [0.15, 0.2) is 29.8 Å². The number of aliphatic imine (C=N–C) groups is 1. The van der Waals surface area contributed by atoms with Crippen molar-refractivity contribution in [2.45, 2.75) is 13.5 Å². The molecule has 1 aromatic heterocycles. The van der Waals surface area contributed by atoms with E-state index in [2.05, 4.69) is 35.9 Å². The average molecular weight is 209 g/mol. The van der Waals surface area contributed by atoms with Crippen LogP contribution in [0.5, 0.6) is 0 Å². The number of thiophene rings is 1. The van der Waals surface area contributed by atoms with Crippen molar-refractivity contribution in [1.29, 1.82) is 0 Å². The van der Waals surface area contributed by atoms with Crippen molar-refractivity contribution in [3.8, 4) is 0 Å². The van der Waals surface area contributed by atoms with Crippen molar-refractivity contribution in [2.24, 2.45) is 10.7 Å². The first-order valence-corrected chi connectivity index (χ1v) is 5.24. The Balaban J connectivity index is 2.41. The smallest absolute Gasteiger partial charge is 0.189 e. The first-order chi connectivity index (χ1) is 6.72. The largest absolute Gasteiger partial charge is 0.370 e. The van der Waals surface area contributed by atoms with Crippen molar-refractivity contribution < 1.29 is 0 Å². The third kappa shape index (κ3) is 3.62. The van der Waals surface area contributed by atoms with Crippen LogP contribution in [0.25, 0.3) is 0 Å². The SMILES string of the molecule is C=CCNC(N)=NCc1ccc(C)s1. The molecule has 0 radical (unpaired) electrons. The highest BCUT2D eigenvalue weighted by Gasteiger charge is 1.95. The molecule has 0 spiro atoms. The number of hydrogen-bond donors (Lipinski definition) is 2. The molecule has 0 saturated heterocycles. The summed E-state index contributed by atoms with van der Waals surface area (Å²) in [7, 11) is 0. The van der Waals surface area contributed by atoms with Crippen molar-refractivity contribution in [1.82, 2.24) is 5.32 Å². The molecule has 0 aliphatic carbocycles. The van der Waals surface area contributed by atoms with Crippen LogP contribution in [0.1, 0.15) is 9.75 Å². The summed E-state index contributed by atoms with van der Waals surface area (Å²) in [5, 5.41) is 2.92. The molecule has 76 valence electrons. The molecule has 0 unspecified atom stereocenters. The molecule has 3 nitrogen and oxygen atoms in total. The first kappa shape index (κ1) is 10.8. The molecule has 0 aliphatic heterocycles. The molecule has 1 heterocycles. The number of nitrogens with one attached hydrogen (secondary N) is 1. The van der Waals surface area contributed by atoms with Crippen molar-refractivity contribution in [3.05, 3.63) is 34.5 Å². The van der Waals surface area contributed by atoms with E-state index in [1.807, 2.05) is 0 Å². The Morgan fingerprint density at radius 3 is 3.07 bits per heavy atom. The second-order valence-electron chi connectivity index (χ2n) is 2.88. The Labute approximate surface area is 88.4 Å². The van der Waals surface area contributed by atoms with Crippen LogP contribution in [0, 0.1) is 6.92 Å². The summed E-state index contributed by atoms with van der Waals surface area (Å²) in [5.41, 5.74) is 5.61. The Hall–Kier alpha value is -1.29. The zero-order valence-corrected chi connectivity index (χ0v) is 9.10. The number of nitrogens with zero attached hydrogens (tertiary/aromatic N) is 1. The van der Waals surface area contributed by atoms with Gasteiger partial charge in [-0.1, -0.05) is 6.08 Å². The molecule has 0 aliphatic rings. The van der Waals surface area contributed by atoms with E-state index in [9.17, 15) is 0 Å². The van der Waals surface area contributed by atoms with Crippen LogP contribution < -0.4 is 11.1 Å². The van der Waals surface area contributed by atoms with Crippen molar-refractivity contribution >= 4 is 17.3 Å². The monoisotopic (exact) mass is 209 g/mol. The Kier molecular flexibility index (Phi) is 4.19. The van der Waals surface area contributed by atoms with Gasteiger partial charge >= 0.3 is 0 Å². The lowest BCUT2D eigenvalue weighted by molar-refractivity contribution is 0.979. The Morgan fingerprint density at radius 2 is 2.50 bits per heavy atom. The number of aryl methyl sites for hydroxylation is 1. The van der Waals surface area contributed by atoms with Gasteiger partial charge in [0.05, 0.1) is 6.54 Å². The molecule has 1 rings (SSSR count). The third-order valence-electron chi connectivity index (χ3n) is 1.63. The van der Waals surface area contributed by atoms with Gasteiger partial charge in [0.25, 0.3) is 0 Å². The van der Waals surface area contributed by atoms with E-state index in [1.54, 1.807) is 17.4 Å².